The zero-order chi connectivity index (χ0) is 14.5. The smallest absolute Gasteiger partial charge is 0.228 e. The Hall–Kier alpha value is -2.39. The SMILES string of the molecule is [C-]#[N+]c1ccc(Oc2ccc(Br)c(C=O)c2)nc1NC. The van der Waals surface area contributed by atoms with Crippen molar-refractivity contribution >= 4 is 33.7 Å². The zero-order valence-electron chi connectivity index (χ0n) is 10.6. The Kier molecular flexibility index (Phi) is 4.33. The molecule has 2 aromatic rings. The number of carbonyl (C=O) groups is 1. The summed E-state index contributed by atoms with van der Waals surface area (Å²) in [6.07, 6.45) is 0.742. The molecule has 0 saturated heterocycles. The molecular weight excluding hydrogens is 322 g/mol. The van der Waals surface area contributed by atoms with E-state index in [1.807, 2.05) is 0 Å². The van der Waals surface area contributed by atoms with Gasteiger partial charge in [-0.15, -0.1) is 0 Å². The molecule has 0 atom stereocenters. The first kappa shape index (κ1) is 14.0. The molecule has 1 aromatic carbocycles. The van der Waals surface area contributed by atoms with Gasteiger partial charge in [0, 0.05) is 17.1 Å². The van der Waals surface area contributed by atoms with E-state index in [4.69, 9.17) is 11.3 Å². The Morgan fingerprint density at radius 3 is 2.85 bits per heavy atom. The van der Waals surface area contributed by atoms with E-state index in [2.05, 4.69) is 31.1 Å². The summed E-state index contributed by atoms with van der Waals surface area (Å²) in [5.74, 6) is 1.30. The molecule has 0 saturated carbocycles. The third kappa shape index (κ3) is 2.95. The second-order valence-corrected chi connectivity index (χ2v) is 4.64. The minimum Gasteiger partial charge on any atom is -0.439 e. The summed E-state index contributed by atoms with van der Waals surface area (Å²) in [6, 6.07) is 8.30. The maximum Gasteiger partial charge on any atom is 0.228 e. The first-order valence-electron chi connectivity index (χ1n) is 5.66. The molecule has 0 aliphatic carbocycles. The van der Waals surface area contributed by atoms with Gasteiger partial charge in [-0.05, 0) is 30.3 Å². The monoisotopic (exact) mass is 331 g/mol. The average molecular weight is 332 g/mol. The van der Waals surface area contributed by atoms with Crippen LogP contribution in [0.1, 0.15) is 10.4 Å². The molecular formula is C14H10BrN3O2. The first-order valence-corrected chi connectivity index (χ1v) is 6.46. The van der Waals surface area contributed by atoms with Gasteiger partial charge >= 0.3 is 0 Å². The van der Waals surface area contributed by atoms with Gasteiger partial charge in [-0.3, -0.25) is 4.79 Å². The van der Waals surface area contributed by atoms with Crippen molar-refractivity contribution in [1.29, 1.82) is 0 Å². The van der Waals surface area contributed by atoms with Gasteiger partial charge in [0.1, 0.15) is 11.6 Å². The van der Waals surface area contributed by atoms with Crippen LogP contribution in [0.3, 0.4) is 0 Å². The van der Waals surface area contributed by atoms with Crippen LogP contribution < -0.4 is 10.1 Å². The Balaban J connectivity index is 2.31. The van der Waals surface area contributed by atoms with Crippen LogP contribution in [-0.4, -0.2) is 18.3 Å². The van der Waals surface area contributed by atoms with E-state index in [1.54, 1.807) is 37.4 Å². The lowest BCUT2D eigenvalue weighted by Gasteiger charge is -2.08. The van der Waals surface area contributed by atoms with Crippen LogP contribution in [0, 0.1) is 6.57 Å². The second-order valence-electron chi connectivity index (χ2n) is 3.78. The first-order chi connectivity index (χ1) is 9.67. The van der Waals surface area contributed by atoms with Gasteiger partial charge in [0.05, 0.1) is 6.57 Å². The van der Waals surface area contributed by atoms with Crippen molar-refractivity contribution in [2.75, 3.05) is 12.4 Å². The topological polar surface area (TPSA) is 55.6 Å². The fraction of sp³-hybridized carbons (Fsp3) is 0.0714. The van der Waals surface area contributed by atoms with Crippen LogP contribution in [0.4, 0.5) is 11.5 Å². The number of nitrogens with one attached hydrogen (secondary N) is 1. The normalized spacial score (nSPS) is 9.65. The fourth-order valence-corrected chi connectivity index (χ4v) is 1.90. The van der Waals surface area contributed by atoms with Gasteiger partial charge < -0.3 is 10.1 Å². The molecule has 20 heavy (non-hydrogen) atoms. The highest BCUT2D eigenvalue weighted by Gasteiger charge is 2.07. The van der Waals surface area contributed by atoms with Crippen LogP contribution in [0.15, 0.2) is 34.8 Å². The van der Waals surface area contributed by atoms with Gasteiger partial charge in [-0.2, -0.15) is 0 Å². The molecule has 0 aliphatic rings. The molecule has 1 N–H and O–H groups in total. The van der Waals surface area contributed by atoms with Gasteiger partial charge in [-0.25, -0.2) is 9.83 Å². The fourth-order valence-electron chi connectivity index (χ4n) is 1.56. The molecule has 0 amide bonds. The summed E-state index contributed by atoms with van der Waals surface area (Å²) in [6.45, 7) is 7.02. The highest BCUT2D eigenvalue weighted by molar-refractivity contribution is 9.10. The second kappa shape index (κ2) is 6.17. The molecule has 0 spiro atoms. The maximum atomic E-state index is 10.9. The van der Waals surface area contributed by atoms with Crippen molar-refractivity contribution < 1.29 is 9.53 Å². The lowest BCUT2D eigenvalue weighted by Crippen LogP contribution is -1.95. The number of carbonyl (C=O) groups excluding carboxylic acids is 1. The predicted octanol–water partition coefficient (Wildman–Crippen LogP) is 4.04. The van der Waals surface area contributed by atoms with E-state index >= 15 is 0 Å². The summed E-state index contributed by atoms with van der Waals surface area (Å²) in [5, 5.41) is 2.84. The van der Waals surface area contributed by atoms with Crippen LogP contribution in [-0.2, 0) is 0 Å². The Morgan fingerprint density at radius 2 is 2.20 bits per heavy atom. The maximum absolute atomic E-state index is 10.9. The number of aromatic nitrogens is 1. The number of halogens is 1. The van der Waals surface area contributed by atoms with E-state index in [0.29, 0.717) is 33.2 Å². The van der Waals surface area contributed by atoms with Gasteiger partial charge in [-0.1, -0.05) is 15.9 Å². The molecule has 0 unspecified atom stereocenters. The van der Waals surface area contributed by atoms with Crippen molar-refractivity contribution in [2.24, 2.45) is 0 Å². The summed E-state index contributed by atoms with van der Waals surface area (Å²) in [5.41, 5.74) is 0.915. The molecule has 6 heteroatoms. The van der Waals surface area contributed by atoms with Crippen molar-refractivity contribution in [1.82, 2.24) is 4.98 Å². The van der Waals surface area contributed by atoms with Gasteiger partial charge in [0.15, 0.2) is 6.29 Å². The van der Waals surface area contributed by atoms with Crippen LogP contribution in [0.5, 0.6) is 11.6 Å². The largest absolute Gasteiger partial charge is 0.439 e. The standard InChI is InChI=1S/C14H10BrN3O2/c1-16-12-5-6-13(18-14(12)17-2)20-10-3-4-11(15)9(7-10)8-19/h3-8H,2H3,(H,17,18). The Bertz CT molecular complexity index is 695. The molecule has 0 fully saturated rings. The lowest BCUT2D eigenvalue weighted by molar-refractivity contribution is 0.112. The molecule has 5 nitrogen and oxygen atoms in total. The van der Waals surface area contributed by atoms with Crippen LogP contribution >= 0.6 is 15.9 Å². The molecule has 2 rings (SSSR count). The van der Waals surface area contributed by atoms with Gasteiger partial charge in [0.25, 0.3) is 0 Å². The third-order valence-electron chi connectivity index (χ3n) is 2.52. The molecule has 0 radical (unpaired) electrons. The molecule has 100 valence electrons. The van der Waals surface area contributed by atoms with E-state index in [1.165, 1.54) is 0 Å². The van der Waals surface area contributed by atoms with E-state index in [0.717, 1.165) is 6.29 Å². The summed E-state index contributed by atoms with van der Waals surface area (Å²) >= 11 is 3.27. The summed E-state index contributed by atoms with van der Waals surface area (Å²) < 4.78 is 6.29. The third-order valence-corrected chi connectivity index (χ3v) is 3.24. The Labute approximate surface area is 124 Å². The van der Waals surface area contributed by atoms with Crippen LogP contribution in [0.25, 0.3) is 4.85 Å². The molecule has 0 bridgehead atoms. The number of pyridine rings is 1. The zero-order valence-corrected chi connectivity index (χ0v) is 12.1. The predicted molar refractivity (Wildman–Crippen MR) is 79.6 cm³/mol. The molecule has 1 heterocycles. The van der Waals surface area contributed by atoms with E-state index < -0.39 is 0 Å². The molecule has 0 aliphatic heterocycles. The Morgan fingerprint density at radius 1 is 1.40 bits per heavy atom. The van der Waals surface area contributed by atoms with Crippen molar-refractivity contribution in [3.63, 3.8) is 0 Å². The number of anilines is 1. The van der Waals surface area contributed by atoms with E-state index in [9.17, 15) is 4.79 Å². The highest BCUT2D eigenvalue weighted by Crippen LogP contribution is 2.29. The van der Waals surface area contributed by atoms with Crippen molar-refractivity contribution in [2.45, 2.75) is 0 Å². The average Bonchev–Trinajstić information content (AvgIpc) is 2.49. The molecule has 1 aromatic heterocycles. The summed E-state index contributed by atoms with van der Waals surface area (Å²) in [7, 11) is 1.69. The summed E-state index contributed by atoms with van der Waals surface area (Å²) in [4.78, 5) is 18.4. The number of benzene rings is 1. The van der Waals surface area contributed by atoms with Crippen molar-refractivity contribution in [3.8, 4) is 11.6 Å². The minimum atomic E-state index is 0.348. The van der Waals surface area contributed by atoms with Crippen LogP contribution in [0.2, 0.25) is 0 Å². The minimum absolute atomic E-state index is 0.348. The quantitative estimate of drug-likeness (QED) is 0.678. The van der Waals surface area contributed by atoms with Crippen molar-refractivity contribution in [3.05, 3.63) is 51.8 Å². The number of hydrogen-bond acceptors (Lipinski definition) is 4. The number of nitrogens with zero attached hydrogens (tertiary/aromatic N) is 2. The number of rotatable bonds is 4. The van der Waals surface area contributed by atoms with Gasteiger partial charge in [0.2, 0.25) is 11.6 Å². The highest BCUT2D eigenvalue weighted by atomic mass is 79.9. The lowest BCUT2D eigenvalue weighted by atomic mass is 10.2. The number of aldehydes is 1. The number of hydrogen-bond donors (Lipinski definition) is 1. The van der Waals surface area contributed by atoms with E-state index in [-0.39, 0.29) is 0 Å². The number of ether oxygens (including phenoxy) is 1.